The van der Waals surface area contributed by atoms with Crippen LogP contribution < -0.4 is 0 Å². The molecule has 0 radical (unpaired) electrons. The number of hydrogen-bond acceptors (Lipinski definition) is 2. The largest absolute Gasteiger partial charge is 0.236 e. The number of rotatable bonds is 15. The predicted molar refractivity (Wildman–Crippen MR) is 142 cm³/mol. The van der Waals surface area contributed by atoms with Crippen molar-refractivity contribution in [3.8, 4) is 11.4 Å². The number of hydrogen-bond donors (Lipinski definition) is 0. The van der Waals surface area contributed by atoms with E-state index in [2.05, 4.69) is 48.1 Å². The molecule has 1 fully saturated rings. The van der Waals surface area contributed by atoms with Gasteiger partial charge in [-0.2, -0.15) is 0 Å². The molecule has 0 spiro atoms. The van der Waals surface area contributed by atoms with Crippen LogP contribution in [-0.2, 0) is 12.8 Å². The summed E-state index contributed by atoms with van der Waals surface area (Å²) >= 11 is 0. The Balaban J connectivity index is 1.31. The van der Waals surface area contributed by atoms with E-state index >= 15 is 0 Å². The highest BCUT2D eigenvalue weighted by molar-refractivity contribution is 5.55. The van der Waals surface area contributed by atoms with Gasteiger partial charge in [-0.3, -0.25) is 0 Å². The van der Waals surface area contributed by atoms with E-state index in [1.165, 1.54) is 114 Å². The monoisotopic (exact) mass is 448 g/mol. The molecule has 0 atom stereocenters. The lowest BCUT2D eigenvalue weighted by Gasteiger charge is -2.28. The molecule has 2 nitrogen and oxygen atoms in total. The van der Waals surface area contributed by atoms with E-state index in [0.29, 0.717) is 0 Å². The van der Waals surface area contributed by atoms with Crippen LogP contribution in [0.15, 0.2) is 36.7 Å². The van der Waals surface area contributed by atoms with Crippen molar-refractivity contribution in [3.05, 3.63) is 47.8 Å². The normalized spacial score (nSPS) is 18.5. The third-order valence-electron chi connectivity index (χ3n) is 7.75. The topological polar surface area (TPSA) is 25.8 Å². The molecule has 1 saturated carbocycles. The van der Waals surface area contributed by atoms with E-state index in [0.717, 1.165) is 29.6 Å². The van der Waals surface area contributed by atoms with Crippen LogP contribution in [0.1, 0.15) is 121 Å². The van der Waals surface area contributed by atoms with Crippen molar-refractivity contribution in [2.24, 2.45) is 11.8 Å². The average molecular weight is 449 g/mol. The smallest absolute Gasteiger partial charge is 0.159 e. The fourth-order valence-electron chi connectivity index (χ4n) is 5.46. The Labute approximate surface area is 204 Å². The molecule has 0 saturated heterocycles. The molecule has 3 rings (SSSR count). The summed E-state index contributed by atoms with van der Waals surface area (Å²) in [7, 11) is 0. The minimum absolute atomic E-state index is 0.851. The minimum atomic E-state index is 0.851. The van der Waals surface area contributed by atoms with Crippen LogP contribution in [0.4, 0.5) is 0 Å². The van der Waals surface area contributed by atoms with E-state index in [1.54, 1.807) is 0 Å². The lowest BCUT2D eigenvalue weighted by Crippen LogP contribution is -2.14. The summed E-state index contributed by atoms with van der Waals surface area (Å²) in [6.07, 6.45) is 27.3. The fourth-order valence-corrected chi connectivity index (χ4v) is 5.46. The lowest BCUT2D eigenvalue weighted by molar-refractivity contribution is 0.245. The second-order valence-electron chi connectivity index (χ2n) is 10.6. The van der Waals surface area contributed by atoms with Crippen molar-refractivity contribution in [2.45, 2.75) is 123 Å². The number of aromatic nitrogens is 2. The molecule has 33 heavy (non-hydrogen) atoms. The summed E-state index contributed by atoms with van der Waals surface area (Å²) in [5, 5.41) is 0. The van der Waals surface area contributed by atoms with Crippen LogP contribution in [-0.4, -0.2) is 9.97 Å². The highest BCUT2D eigenvalue weighted by Gasteiger charge is 2.20. The second kappa shape index (κ2) is 15.3. The third-order valence-corrected chi connectivity index (χ3v) is 7.75. The van der Waals surface area contributed by atoms with E-state index in [1.807, 2.05) is 12.4 Å². The first-order chi connectivity index (χ1) is 16.3. The zero-order valence-corrected chi connectivity index (χ0v) is 21.5. The average Bonchev–Trinajstić information content (AvgIpc) is 2.86. The Morgan fingerprint density at radius 2 is 1.12 bits per heavy atom. The van der Waals surface area contributed by atoms with Crippen LogP contribution >= 0.6 is 0 Å². The number of aryl methyl sites for hydroxylation is 2. The summed E-state index contributed by atoms with van der Waals surface area (Å²) < 4.78 is 0. The van der Waals surface area contributed by atoms with E-state index < -0.39 is 0 Å². The van der Waals surface area contributed by atoms with Crippen molar-refractivity contribution in [1.29, 1.82) is 0 Å². The Morgan fingerprint density at radius 3 is 1.73 bits per heavy atom. The molecule has 0 amide bonds. The van der Waals surface area contributed by atoms with Gasteiger partial charge in [-0.1, -0.05) is 122 Å². The minimum Gasteiger partial charge on any atom is -0.236 e. The van der Waals surface area contributed by atoms with Crippen molar-refractivity contribution >= 4 is 0 Å². The summed E-state index contributed by atoms with van der Waals surface area (Å²) in [5.74, 6) is 2.89. The molecule has 1 aromatic carbocycles. The van der Waals surface area contributed by atoms with Gasteiger partial charge in [0.1, 0.15) is 0 Å². The Kier molecular flexibility index (Phi) is 12.0. The maximum absolute atomic E-state index is 4.62. The Hall–Kier alpha value is -1.70. The molecule has 0 aliphatic heterocycles. The van der Waals surface area contributed by atoms with Crippen LogP contribution in [0.3, 0.4) is 0 Å². The lowest BCUT2D eigenvalue weighted by atomic mass is 9.78. The maximum atomic E-state index is 4.62. The fraction of sp³-hybridized carbons (Fsp3) is 0.677. The van der Waals surface area contributed by atoms with Gasteiger partial charge in [0, 0.05) is 18.0 Å². The summed E-state index contributed by atoms with van der Waals surface area (Å²) in [6, 6.07) is 8.95. The maximum Gasteiger partial charge on any atom is 0.159 e. The van der Waals surface area contributed by atoms with E-state index in [4.69, 9.17) is 0 Å². The number of unbranched alkanes of at least 4 members (excludes halogenated alkanes) is 6. The van der Waals surface area contributed by atoms with Crippen molar-refractivity contribution in [3.63, 3.8) is 0 Å². The summed E-state index contributed by atoms with van der Waals surface area (Å²) in [6.45, 7) is 4.57. The molecule has 0 unspecified atom stereocenters. The second-order valence-corrected chi connectivity index (χ2v) is 10.6. The molecule has 1 aromatic heterocycles. The zero-order valence-electron chi connectivity index (χ0n) is 21.5. The van der Waals surface area contributed by atoms with Gasteiger partial charge in [-0.05, 0) is 48.6 Å². The molecule has 2 heteroatoms. The first-order valence-electron chi connectivity index (χ1n) is 14.2. The molecule has 1 aliphatic carbocycles. The molecule has 0 bridgehead atoms. The highest BCUT2D eigenvalue weighted by Crippen LogP contribution is 2.34. The van der Waals surface area contributed by atoms with Crippen molar-refractivity contribution < 1.29 is 0 Å². The molecule has 2 aromatic rings. The van der Waals surface area contributed by atoms with Gasteiger partial charge in [0.25, 0.3) is 0 Å². The van der Waals surface area contributed by atoms with Crippen LogP contribution in [0, 0.1) is 11.8 Å². The first kappa shape index (κ1) is 25.9. The quantitative estimate of drug-likeness (QED) is 0.254. The highest BCUT2D eigenvalue weighted by atomic mass is 14.9. The van der Waals surface area contributed by atoms with Gasteiger partial charge < -0.3 is 0 Å². The van der Waals surface area contributed by atoms with Crippen LogP contribution in [0.2, 0.25) is 0 Å². The molecule has 0 N–H and O–H groups in total. The third kappa shape index (κ3) is 9.59. The van der Waals surface area contributed by atoms with Gasteiger partial charge in [-0.15, -0.1) is 0 Å². The van der Waals surface area contributed by atoms with Crippen molar-refractivity contribution in [1.82, 2.24) is 9.97 Å². The Morgan fingerprint density at radius 1 is 0.606 bits per heavy atom. The number of benzene rings is 1. The van der Waals surface area contributed by atoms with Gasteiger partial charge >= 0.3 is 0 Å². The molecular formula is C31H48N2. The number of nitrogens with zero attached hydrogens (tertiary/aromatic N) is 2. The summed E-state index contributed by atoms with van der Waals surface area (Å²) in [4.78, 5) is 9.24. The SMILES string of the molecule is CCCCCCc1cnc(-c2ccc(CCCC[C@H]3CC[C@H](CCCCC)CC3)cc2)nc1. The van der Waals surface area contributed by atoms with E-state index in [-0.39, 0.29) is 0 Å². The van der Waals surface area contributed by atoms with Gasteiger partial charge in [0.2, 0.25) is 0 Å². The zero-order chi connectivity index (χ0) is 23.1. The van der Waals surface area contributed by atoms with Crippen molar-refractivity contribution in [2.75, 3.05) is 0 Å². The molecule has 182 valence electrons. The molecule has 1 heterocycles. The standard InChI is InChI=1S/C31H48N2/c1-3-5-7-9-15-29-24-32-31(33-25-29)30-22-20-28(21-23-30)14-11-10-13-27-18-16-26(17-19-27)12-8-6-4-2/h20-27H,3-19H2,1-2H3/t26-,27-. The van der Waals surface area contributed by atoms with E-state index in [9.17, 15) is 0 Å². The van der Waals surface area contributed by atoms with Crippen LogP contribution in [0.5, 0.6) is 0 Å². The predicted octanol–water partition coefficient (Wildman–Crippen LogP) is 9.37. The molecular weight excluding hydrogens is 400 g/mol. The first-order valence-corrected chi connectivity index (χ1v) is 14.2. The van der Waals surface area contributed by atoms with Gasteiger partial charge in [0.05, 0.1) is 0 Å². The Bertz CT molecular complexity index is 741. The van der Waals surface area contributed by atoms with Gasteiger partial charge in [0.15, 0.2) is 5.82 Å². The summed E-state index contributed by atoms with van der Waals surface area (Å²) in [5.41, 5.74) is 3.84. The molecule has 1 aliphatic rings. The van der Waals surface area contributed by atoms with Crippen LogP contribution in [0.25, 0.3) is 11.4 Å². The van der Waals surface area contributed by atoms with Gasteiger partial charge in [-0.25, -0.2) is 9.97 Å².